The third-order valence-corrected chi connectivity index (χ3v) is 3.90. The van der Waals surface area contributed by atoms with Crippen LogP contribution in [0.3, 0.4) is 0 Å². The van der Waals surface area contributed by atoms with Gasteiger partial charge in [-0.15, -0.1) is 0 Å². The molecule has 0 atom stereocenters. The average Bonchev–Trinajstić information content (AvgIpc) is 2.97. The van der Waals surface area contributed by atoms with Gasteiger partial charge in [0, 0.05) is 6.42 Å². The predicted octanol–water partition coefficient (Wildman–Crippen LogP) is 4.10. The number of unbranched alkanes of at least 4 members (excludes halogenated alkanes) is 4. The van der Waals surface area contributed by atoms with E-state index in [1.54, 1.807) is 6.33 Å². The van der Waals surface area contributed by atoms with E-state index in [2.05, 4.69) is 17.2 Å². The zero-order valence-corrected chi connectivity index (χ0v) is 14.2. The third kappa shape index (κ3) is 5.24. The molecule has 0 unspecified atom stereocenters. The van der Waals surface area contributed by atoms with Crippen molar-refractivity contribution in [3.63, 3.8) is 0 Å². The minimum Gasteiger partial charge on any atom is -0.312 e. The van der Waals surface area contributed by atoms with E-state index in [0.29, 0.717) is 18.8 Å². The second kappa shape index (κ2) is 9.51. The smallest absolute Gasteiger partial charge is 0.225 e. The first-order chi connectivity index (χ1) is 11.7. The van der Waals surface area contributed by atoms with Crippen molar-refractivity contribution >= 4 is 11.7 Å². The molecule has 0 aliphatic rings. The highest BCUT2D eigenvalue weighted by Gasteiger charge is 2.14. The number of hydrogen-bond acceptors (Lipinski definition) is 3. The topological polar surface area (TPSA) is 70.7 Å². The van der Waals surface area contributed by atoms with Gasteiger partial charge in [-0.25, -0.2) is 4.98 Å². The molecule has 0 saturated heterocycles. The van der Waals surface area contributed by atoms with Crippen LogP contribution in [0.25, 0.3) is 0 Å². The Morgan fingerprint density at radius 2 is 1.96 bits per heavy atom. The molecule has 5 nitrogen and oxygen atoms in total. The number of hydrogen-bond donors (Lipinski definition) is 1. The molecular formula is C19H24N4O. The molecule has 1 N–H and O–H groups in total. The molecule has 1 aromatic carbocycles. The van der Waals surface area contributed by atoms with E-state index < -0.39 is 0 Å². The Bertz CT molecular complexity index is 685. The van der Waals surface area contributed by atoms with E-state index in [9.17, 15) is 10.1 Å². The van der Waals surface area contributed by atoms with Crippen LogP contribution in [0.15, 0.2) is 36.7 Å². The van der Waals surface area contributed by atoms with Crippen molar-refractivity contribution in [2.24, 2.45) is 0 Å². The largest absolute Gasteiger partial charge is 0.312 e. The number of aromatic nitrogens is 2. The van der Waals surface area contributed by atoms with Gasteiger partial charge in [0.15, 0.2) is 11.5 Å². The quantitative estimate of drug-likeness (QED) is 0.706. The molecule has 0 fully saturated rings. The standard InChI is InChI=1S/C19H24N4O/c1-2-3-4-5-9-12-18(24)22-19-17(13-20)21-15-23(19)14-16-10-7-6-8-11-16/h6-8,10-11,15H,2-5,9,12,14H2,1H3,(H,22,24). The maximum absolute atomic E-state index is 12.2. The molecule has 1 amide bonds. The Morgan fingerprint density at radius 3 is 2.67 bits per heavy atom. The predicted molar refractivity (Wildman–Crippen MR) is 94.5 cm³/mol. The van der Waals surface area contributed by atoms with E-state index in [-0.39, 0.29) is 11.6 Å². The molecule has 1 aromatic heterocycles. The van der Waals surface area contributed by atoms with E-state index in [1.807, 2.05) is 41.0 Å². The van der Waals surface area contributed by atoms with Crippen LogP contribution in [0, 0.1) is 11.3 Å². The van der Waals surface area contributed by atoms with E-state index in [4.69, 9.17) is 0 Å². The number of nitrogens with zero attached hydrogens (tertiary/aromatic N) is 3. The maximum atomic E-state index is 12.2. The third-order valence-electron chi connectivity index (χ3n) is 3.90. The summed E-state index contributed by atoms with van der Waals surface area (Å²) in [5.74, 6) is 0.428. The first-order valence-electron chi connectivity index (χ1n) is 8.53. The second-order valence-electron chi connectivity index (χ2n) is 5.88. The minimum absolute atomic E-state index is 0.0576. The van der Waals surface area contributed by atoms with Crippen LogP contribution in [0.4, 0.5) is 5.82 Å². The zero-order valence-electron chi connectivity index (χ0n) is 14.2. The van der Waals surface area contributed by atoms with Crippen LogP contribution in [-0.2, 0) is 11.3 Å². The number of benzene rings is 1. The monoisotopic (exact) mass is 324 g/mol. The molecule has 5 heteroatoms. The van der Waals surface area contributed by atoms with Crippen LogP contribution in [0.2, 0.25) is 0 Å². The van der Waals surface area contributed by atoms with Crippen LogP contribution < -0.4 is 5.32 Å². The number of rotatable bonds is 9. The molecule has 0 radical (unpaired) electrons. The molecule has 0 saturated carbocycles. The molecule has 0 spiro atoms. The summed E-state index contributed by atoms with van der Waals surface area (Å²) in [4.78, 5) is 16.2. The molecule has 2 aromatic rings. The summed E-state index contributed by atoms with van der Waals surface area (Å²) in [7, 11) is 0. The lowest BCUT2D eigenvalue weighted by Crippen LogP contribution is -2.15. The summed E-state index contributed by atoms with van der Waals surface area (Å²) < 4.78 is 1.81. The van der Waals surface area contributed by atoms with Crippen molar-refractivity contribution in [1.29, 1.82) is 5.26 Å². The number of nitriles is 1. The van der Waals surface area contributed by atoms with Gasteiger partial charge in [-0.1, -0.05) is 62.9 Å². The SMILES string of the molecule is CCCCCCCC(=O)Nc1c(C#N)ncn1Cc1ccccc1. The van der Waals surface area contributed by atoms with Gasteiger partial charge in [0.05, 0.1) is 12.9 Å². The summed E-state index contributed by atoms with van der Waals surface area (Å²) in [5, 5.41) is 12.1. The Kier molecular flexibility index (Phi) is 7.03. The number of carbonyl (C=O) groups is 1. The average molecular weight is 324 g/mol. The molecule has 24 heavy (non-hydrogen) atoms. The summed E-state index contributed by atoms with van der Waals surface area (Å²) in [6.45, 7) is 2.74. The lowest BCUT2D eigenvalue weighted by Gasteiger charge is -2.10. The summed E-state index contributed by atoms with van der Waals surface area (Å²) >= 11 is 0. The molecule has 126 valence electrons. The number of anilines is 1. The lowest BCUT2D eigenvalue weighted by atomic mass is 10.1. The first-order valence-corrected chi connectivity index (χ1v) is 8.53. The van der Waals surface area contributed by atoms with Gasteiger partial charge in [0.25, 0.3) is 0 Å². The Hall–Kier alpha value is -2.61. The first kappa shape index (κ1) is 17.7. The van der Waals surface area contributed by atoms with Crippen LogP contribution in [-0.4, -0.2) is 15.5 Å². The summed E-state index contributed by atoms with van der Waals surface area (Å²) in [6, 6.07) is 11.9. The van der Waals surface area contributed by atoms with Gasteiger partial charge in [-0.3, -0.25) is 4.79 Å². The van der Waals surface area contributed by atoms with Crippen LogP contribution in [0.1, 0.15) is 56.7 Å². The Balaban J connectivity index is 1.97. The minimum atomic E-state index is -0.0576. The Labute approximate surface area is 143 Å². The van der Waals surface area contributed by atoms with Crippen LogP contribution >= 0.6 is 0 Å². The van der Waals surface area contributed by atoms with Gasteiger partial charge in [0.1, 0.15) is 6.07 Å². The van der Waals surface area contributed by atoms with Gasteiger partial charge in [0.2, 0.25) is 5.91 Å². The molecule has 0 bridgehead atoms. The zero-order chi connectivity index (χ0) is 17.2. The highest BCUT2D eigenvalue weighted by Crippen LogP contribution is 2.17. The normalized spacial score (nSPS) is 10.3. The fraction of sp³-hybridized carbons (Fsp3) is 0.421. The fourth-order valence-corrected chi connectivity index (χ4v) is 2.58. The highest BCUT2D eigenvalue weighted by molar-refractivity contribution is 5.90. The van der Waals surface area contributed by atoms with Gasteiger partial charge >= 0.3 is 0 Å². The van der Waals surface area contributed by atoms with Crippen LogP contribution in [0.5, 0.6) is 0 Å². The maximum Gasteiger partial charge on any atom is 0.225 e. The highest BCUT2D eigenvalue weighted by atomic mass is 16.1. The number of amides is 1. The lowest BCUT2D eigenvalue weighted by molar-refractivity contribution is -0.116. The van der Waals surface area contributed by atoms with E-state index >= 15 is 0 Å². The molecule has 0 aliphatic heterocycles. The van der Waals surface area contributed by atoms with Crippen molar-refractivity contribution in [2.75, 3.05) is 5.32 Å². The number of imidazole rings is 1. The fourth-order valence-electron chi connectivity index (χ4n) is 2.58. The van der Waals surface area contributed by atoms with Gasteiger partial charge in [-0.2, -0.15) is 5.26 Å². The van der Waals surface area contributed by atoms with Gasteiger partial charge in [-0.05, 0) is 12.0 Å². The number of nitrogens with one attached hydrogen (secondary N) is 1. The van der Waals surface area contributed by atoms with Crippen molar-refractivity contribution in [3.8, 4) is 6.07 Å². The van der Waals surface area contributed by atoms with Crippen molar-refractivity contribution in [3.05, 3.63) is 47.9 Å². The molecule has 1 heterocycles. The Morgan fingerprint density at radius 1 is 1.21 bits per heavy atom. The summed E-state index contributed by atoms with van der Waals surface area (Å²) in [5.41, 5.74) is 1.35. The molecule has 2 rings (SSSR count). The molecular weight excluding hydrogens is 300 g/mol. The van der Waals surface area contributed by atoms with Crippen molar-refractivity contribution in [1.82, 2.24) is 9.55 Å². The van der Waals surface area contributed by atoms with Gasteiger partial charge < -0.3 is 9.88 Å². The second-order valence-corrected chi connectivity index (χ2v) is 5.88. The van der Waals surface area contributed by atoms with Crippen molar-refractivity contribution in [2.45, 2.75) is 52.0 Å². The number of carbonyl (C=O) groups excluding carboxylic acids is 1. The summed E-state index contributed by atoms with van der Waals surface area (Å²) in [6.07, 6.45) is 7.59. The van der Waals surface area contributed by atoms with E-state index in [0.717, 1.165) is 18.4 Å². The van der Waals surface area contributed by atoms with E-state index in [1.165, 1.54) is 19.3 Å². The van der Waals surface area contributed by atoms with Crippen molar-refractivity contribution < 1.29 is 4.79 Å². The molecule has 0 aliphatic carbocycles.